The molecule has 12 heteroatoms. The summed E-state index contributed by atoms with van der Waals surface area (Å²) in [6.07, 6.45) is 45.6. The lowest BCUT2D eigenvalue weighted by Gasteiger charge is -2.20. The van der Waals surface area contributed by atoms with E-state index in [1.165, 1.54) is 161 Å². The number of nitrogens with two attached hydrogens (primary N) is 1. The van der Waals surface area contributed by atoms with E-state index in [0.717, 1.165) is 44.9 Å². The number of hydrogen-bond donors (Lipinski definition) is 3. The lowest BCUT2D eigenvalue weighted by molar-refractivity contribution is -0.161. The van der Waals surface area contributed by atoms with Gasteiger partial charge in [-0.05, 0) is 38.5 Å². The van der Waals surface area contributed by atoms with Gasteiger partial charge in [0.1, 0.15) is 12.6 Å². The zero-order valence-electron chi connectivity index (χ0n) is 38.6. The molecule has 0 saturated carbocycles. The number of rotatable bonds is 47. The minimum absolute atomic E-state index is 0.161. The van der Waals surface area contributed by atoms with E-state index in [2.05, 4.69) is 30.5 Å². The summed E-state index contributed by atoms with van der Waals surface area (Å²) in [7, 11) is -4.72. The van der Waals surface area contributed by atoms with Gasteiger partial charge in [-0.25, -0.2) is 4.57 Å². The normalized spacial score (nSPS) is 13.7. The van der Waals surface area contributed by atoms with Crippen molar-refractivity contribution in [2.75, 3.05) is 19.8 Å². The molecule has 0 aromatic carbocycles. The van der Waals surface area contributed by atoms with Gasteiger partial charge in [0, 0.05) is 12.8 Å². The zero-order valence-corrected chi connectivity index (χ0v) is 39.5. The maximum atomic E-state index is 12.7. The van der Waals surface area contributed by atoms with Crippen molar-refractivity contribution in [1.82, 2.24) is 0 Å². The summed E-state index contributed by atoms with van der Waals surface area (Å²) in [5.41, 5.74) is 5.35. The third kappa shape index (κ3) is 42.9. The Balaban J connectivity index is 4.24. The smallest absolute Gasteiger partial charge is 0.472 e. The molecule has 0 heterocycles. The molecule has 0 rings (SSSR count). The van der Waals surface area contributed by atoms with E-state index < -0.39 is 51.1 Å². The molecule has 0 bridgehead atoms. The van der Waals surface area contributed by atoms with Gasteiger partial charge in [0.2, 0.25) is 0 Å². The first-order valence-electron chi connectivity index (χ1n) is 24.7. The summed E-state index contributed by atoms with van der Waals surface area (Å²) >= 11 is 0. The van der Waals surface area contributed by atoms with Crippen LogP contribution in [0.2, 0.25) is 0 Å². The predicted molar refractivity (Wildman–Crippen MR) is 245 cm³/mol. The Labute approximate surface area is 367 Å². The summed E-state index contributed by atoms with van der Waals surface area (Å²) in [6.45, 7) is 2.84. The first kappa shape index (κ1) is 58.2. The number of phosphoric ester groups is 1. The van der Waals surface area contributed by atoms with Crippen molar-refractivity contribution in [3.63, 3.8) is 0 Å². The summed E-state index contributed by atoms with van der Waals surface area (Å²) in [6, 6.07) is -1.52. The van der Waals surface area contributed by atoms with E-state index in [1.807, 2.05) is 0 Å². The van der Waals surface area contributed by atoms with Crippen molar-refractivity contribution in [1.29, 1.82) is 0 Å². The van der Waals surface area contributed by atoms with Crippen LogP contribution in [0.25, 0.3) is 0 Å². The first-order valence-corrected chi connectivity index (χ1v) is 26.2. The van der Waals surface area contributed by atoms with Gasteiger partial charge in [0.05, 0.1) is 13.2 Å². The third-order valence-corrected chi connectivity index (χ3v) is 12.0. The van der Waals surface area contributed by atoms with Crippen LogP contribution in [-0.2, 0) is 37.5 Å². The fourth-order valence-electron chi connectivity index (χ4n) is 7.12. The number of carboxylic acids is 1. The molecule has 11 nitrogen and oxygen atoms in total. The maximum absolute atomic E-state index is 12.7. The Morgan fingerprint density at radius 3 is 1.22 bits per heavy atom. The fraction of sp³-hybridized carbons (Fsp3) is 0.896. The van der Waals surface area contributed by atoms with Crippen molar-refractivity contribution in [2.45, 2.75) is 257 Å². The Morgan fingerprint density at radius 1 is 0.500 bits per heavy atom. The molecule has 4 N–H and O–H groups in total. The van der Waals surface area contributed by atoms with Crippen LogP contribution in [0.3, 0.4) is 0 Å². The standard InChI is InChI=1S/C48H92NO10P/c1-3-5-7-9-11-13-15-17-19-21-22-24-25-27-29-31-33-35-37-39-46(50)56-41-44(42-57-60(54,55)58-43-45(49)48(52)53)59-47(51)40-38-36-34-32-30-28-26-23-20-18-16-14-12-10-8-6-4-2/h18,20,44-45H,3-17,19,21-43,49H2,1-2H3,(H,52,53)(H,54,55)/b20-18+/t44-,45+/m1/s1. The van der Waals surface area contributed by atoms with Crippen molar-refractivity contribution in [3.8, 4) is 0 Å². The Bertz CT molecular complexity index is 1070. The van der Waals surface area contributed by atoms with Crippen LogP contribution in [0.5, 0.6) is 0 Å². The Hall–Kier alpha value is -1.78. The second-order valence-electron chi connectivity index (χ2n) is 17.0. The summed E-state index contributed by atoms with van der Waals surface area (Å²) in [4.78, 5) is 46.1. The number of aliphatic carboxylic acids is 1. The highest BCUT2D eigenvalue weighted by Crippen LogP contribution is 2.43. The molecule has 0 saturated heterocycles. The molecule has 3 atom stereocenters. The number of allylic oxidation sites excluding steroid dienone is 2. The summed E-state index contributed by atoms with van der Waals surface area (Å²) in [5, 5.41) is 8.91. The van der Waals surface area contributed by atoms with Gasteiger partial charge < -0.3 is 25.2 Å². The highest BCUT2D eigenvalue weighted by molar-refractivity contribution is 7.47. The highest BCUT2D eigenvalue weighted by Gasteiger charge is 2.28. The van der Waals surface area contributed by atoms with E-state index in [9.17, 15) is 23.8 Å². The average molecular weight is 874 g/mol. The number of phosphoric acid groups is 1. The topological polar surface area (TPSA) is 172 Å². The van der Waals surface area contributed by atoms with Crippen molar-refractivity contribution >= 4 is 25.7 Å². The number of hydrogen-bond acceptors (Lipinski definition) is 9. The minimum Gasteiger partial charge on any atom is -0.480 e. The highest BCUT2D eigenvalue weighted by atomic mass is 31.2. The first-order chi connectivity index (χ1) is 29.1. The lowest BCUT2D eigenvalue weighted by atomic mass is 10.0. The van der Waals surface area contributed by atoms with Gasteiger partial charge in [-0.3, -0.25) is 23.4 Å². The van der Waals surface area contributed by atoms with Crippen LogP contribution >= 0.6 is 7.82 Å². The molecule has 0 amide bonds. The lowest BCUT2D eigenvalue weighted by Crippen LogP contribution is -2.34. The molecule has 0 aromatic rings. The van der Waals surface area contributed by atoms with Gasteiger partial charge in [-0.15, -0.1) is 0 Å². The molecular formula is C48H92NO10P. The molecule has 0 spiro atoms. The molecule has 0 aliphatic carbocycles. The number of ether oxygens (including phenoxy) is 2. The second-order valence-corrected chi connectivity index (χ2v) is 18.4. The molecular weight excluding hydrogens is 781 g/mol. The van der Waals surface area contributed by atoms with Crippen LogP contribution < -0.4 is 5.73 Å². The average Bonchev–Trinajstić information content (AvgIpc) is 3.22. The van der Waals surface area contributed by atoms with E-state index in [0.29, 0.717) is 12.8 Å². The molecule has 0 aromatic heterocycles. The molecule has 1 unspecified atom stereocenters. The number of carboxylic acid groups (broad SMARTS) is 1. The predicted octanol–water partition coefficient (Wildman–Crippen LogP) is 13.6. The summed E-state index contributed by atoms with van der Waals surface area (Å²) < 4.78 is 32.8. The van der Waals surface area contributed by atoms with Crippen molar-refractivity contribution in [3.05, 3.63) is 12.2 Å². The van der Waals surface area contributed by atoms with Crippen molar-refractivity contribution in [2.24, 2.45) is 5.73 Å². The van der Waals surface area contributed by atoms with Gasteiger partial charge in [-0.1, -0.05) is 206 Å². The summed E-state index contributed by atoms with van der Waals surface area (Å²) in [5.74, 6) is -2.36. The van der Waals surface area contributed by atoms with E-state index in [4.69, 9.17) is 24.8 Å². The molecule has 0 fully saturated rings. The molecule has 354 valence electrons. The quantitative estimate of drug-likeness (QED) is 0.0230. The minimum atomic E-state index is -4.72. The van der Waals surface area contributed by atoms with Gasteiger partial charge in [0.25, 0.3) is 0 Å². The van der Waals surface area contributed by atoms with Gasteiger partial charge in [0.15, 0.2) is 6.10 Å². The second kappa shape index (κ2) is 43.9. The number of esters is 2. The van der Waals surface area contributed by atoms with E-state index in [1.54, 1.807) is 0 Å². The van der Waals surface area contributed by atoms with E-state index >= 15 is 0 Å². The van der Waals surface area contributed by atoms with Gasteiger partial charge in [-0.2, -0.15) is 0 Å². The molecule has 0 aliphatic rings. The maximum Gasteiger partial charge on any atom is 0.472 e. The zero-order chi connectivity index (χ0) is 44.2. The number of unbranched alkanes of at least 4 members (excludes halogenated alkanes) is 31. The van der Waals surface area contributed by atoms with Gasteiger partial charge >= 0.3 is 25.7 Å². The van der Waals surface area contributed by atoms with Crippen LogP contribution in [0.15, 0.2) is 12.2 Å². The largest absolute Gasteiger partial charge is 0.480 e. The third-order valence-electron chi connectivity index (χ3n) is 11.0. The van der Waals surface area contributed by atoms with Crippen LogP contribution in [0.4, 0.5) is 0 Å². The Morgan fingerprint density at radius 2 is 0.833 bits per heavy atom. The fourth-order valence-corrected chi connectivity index (χ4v) is 7.90. The SMILES string of the molecule is CCCCCCCC/C=C/CCCCCCCCCC(=O)O[C@H](COC(=O)CCCCCCCCCCCCCCCCCCCCC)COP(=O)(O)OC[C@H](N)C(=O)O. The monoisotopic (exact) mass is 874 g/mol. The number of carbonyl (C=O) groups is 3. The van der Waals surface area contributed by atoms with Crippen LogP contribution in [0, 0.1) is 0 Å². The van der Waals surface area contributed by atoms with Crippen molar-refractivity contribution < 1.29 is 47.5 Å². The number of carbonyl (C=O) groups excluding carboxylic acids is 2. The van der Waals surface area contributed by atoms with E-state index in [-0.39, 0.29) is 19.4 Å². The molecule has 0 aliphatic heterocycles. The van der Waals surface area contributed by atoms with Crippen LogP contribution in [0.1, 0.15) is 245 Å². The Kier molecular flexibility index (Phi) is 42.6. The molecule has 0 radical (unpaired) electrons. The molecule has 60 heavy (non-hydrogen) atoms. The van der Waals surface area contributed by atoms with Crippen LogP contribution in [-0.4, -0.2) is 59.9 Å².